The second kappa shape index (κ2) is 36.5. The fourth-order valence-corrected chi connectivity index (χ4v) is 8.26. The molecule has 0 unspecified atom stereocenters. The first kappa shape index (κ1) is 66.7. The lowest BCUT2D eigenvalue weighted by Crippen LogP contribution is -2.53. The molecule has 0 aromatic heterocycles. The molecule has 12 N–H and O–H groups in total. The molecule has 0 bridgehead atoms. The molecule has 2 aliphatic rings. The minimum absolute atomic E-state index is 0.104. The third-order valence-corrected chi connectivity index (χ3v) is 11.9. The Bertz CT molecular complexity index is 1540. The van der Waals surface area contributed by atoms with Crippen molar-refractivity contribution in [1.29, 1.82) is 0 Å². The topological polar surface area (TPSA) is 331 Å². The van der Waals surface area contributed by atoms with Gasteiger partial charge in [0, 0.05) is 66.1 Å². The normalized spacial score (nSPS) is 18.9. The maximum Gasteiger partial charge on any atom is 0.242 e. The van der Waals surface area contributed by atoms with Gasteiger partial charge in [-0.3, -0.25) is 47.9 Å². The van der Waals surface area contributed by atoms with E-state index in [-0.39, 0.29) is 84.0 Å². The third kappa shape index (κ3) is 24.4. The highest BCUT2D eigenvalue weighted by Gasteiger charge is 2.39. The largest absolute Gasteiger partial charge is 0.400 e. The highest BCUT2D eigenvalue weighted by molar-refractivity contribution is 5.95. The van der Waals surface area contributed by atoms with E-state index < -0.39 is 59.7 Å². The molecule has 10 amide bonds. The van der Waals surface area contributed by atoms with Crippen molar-refractivity contribution >= 4 is 59.1 Å². The number of hydrogen-bond donors (Lipinski definition) is 12. The zero-order chi connectivity index (χ0) is 54.3. The summed E-state index contributed by atoms with van der Waals surface area (Å²) in [5.41, 5.74) is 0. The SMILES string of the molecule is CNC(=O)[C@H](CC(C)C)NC(=O)CNC(=O)[C@@H]1CCCC[C@@H]1C(=O)N[C@H](C(=O)NC)C(C)C.CNC(=O)[C@H](CC(C)C)NC(=O)CNC(=O)[C@@H]1CCCC[C@@H]1C(=O)N[C@H](C(=O)NC)C(C)C.CO.CO. The van der Waals surface area contributed by atoms with Gasteiger partial charge in [0.2, 0.25) is 59.1 Å². The van der Waals surface area contributed by atoms with Gasteiger partial charge >= 0.3 is 0 Å². The zero-order valence-electron chi connectivity index (χ0n) is 44.4. The molecule has 0 aliphatic heterocycles. The fourth-order valence-electron chi connectivity index (χ4n) is 8.26. The van der Waals surface area contributed by atoms with Crippen molar-refractivity contribution in [2.75, 3.05) is 55.5 Å². The Morgan fingerprint density at radius 1 is 0.400 bits per heavy atom. The van der Waals surface area contributed by atoms with E-state index in [0.29, 0.717) is 38.5 Å². The van der Waals surface area contributed by atoms with Crippen molar-refractivity contribution in [3.05, 3.63) is 0 Å². The van der Waals surface area contributed by atoms with Gasteiger partial charge in [0.1, 0.15) is 24.2 Å². The van der Waals surface area contributed by atoms with Crippen LogP contribution in [-0.4, -0.2) is 149 Å². The number of carbonyl (C=O) groups excluding carboxylic acids is 10. The zero-order valence-corrected chi connectivity index (χ0v) is 44.4. The standard InChI is InChI=1S/2C23H41N5O5.2CH4O/c2*1-13(2)11-17(22(32)24-5)27-18(29)12-26-20(30)15-9-7-8-10-16(15)21(31)28-19(14(3)4)23(33)25-6;2*1-2/h2*13-17,19H,7-12H2,1-6H3,(H,24,32)(H,25,33)(H,26,30)(H,27,29)(H,28,31);2*2H,1H3/t2*15-,16+,17+,19+;;/m11../s1. The third-order valence-electron chi connectivity index (χ3n) is 11.9. The molecule has 0 radical (unpaired) electrons. The quantitative estimate of drug-likeness (QED) is 0.0645. The predicted molar refractivity (Wildman–Crippen MR) is 266 cm³/mol. The Hall–Kier alpha value is -5.38. The molecule has 2 aliphatic carbocycles. The summed E-state index contributed by atoms with van der Waals surface area (Å²) < 4.78 is 0. The number of aliphatic hydroxyl groups is 2. The van der Waals surface area contributed by atoms with Crippen LogP contribution in [0.15, 0.2) is 0 Å². The van der Waals surface area contributed by atoms with Crippen molar-refractivity contribution < 1.29 is 58.2 Å². The van der Waals surface area contributed by atoms with E-state index in [1.807, 2.05) is 55.4 Å². The van der Waals surface area contributed by atoms with Gasteiger partial charge in [-0.15, -0.1) is 0 Å². The summed E-state index contributed by atoms with van der Waals surface area (Å²) >= 11 is 0. The summed E-state index contributed by atoms with van der Waals surface area (Å²) in [6, 6.07) is -2.71. The molecule has 0 heterocycles. The highest BCUT2D eigenvalue weighted by atomic mass is 16.2. The van der Waals surface area contributed by atoms with Crippen LogP contribution in [0.5, 0.6) is 0 Å². The van der Waals surface area contributed by atoms with Gasteiger partial charge in [-0.05, 0) is 62.2 Å². The maximum absolute atomic E-state index is 12.9. The van der Waals surface area contributed by atoms with Crippen LogP contribution < -0.4 is 53.2 Å². The summed E-state index contributed by atoms with van der Waals surface area (Å²) in [6.07, 6.45) is 6.37. The first-order valence-electron chi connectivity index (χ1n) is 24.5. The fraction of sp³-hybridized carbons (Fsp3) is 0.792. The van der Waals surface area contributed by atoms with Crippen LogP contribution in [0.1, 0.15) is 120 Å². The van der Waals surface area contributed by atoms with E-state index in [0.717, 1.165) is 39.9 Å². The summed E-state index contributed by atoms with van der Waals surface area (Å²) in [7, 11) is 8.04. The number of aliphatic hydroxyl groups excluding tert-OH is 2. The Morgan fingerprint density at radius 3 is 0.886 bits per heavy atom. The first-order valence-corrected chi connectivity index (χ1v) is 24.5. The first-order chi connectivity index (χ1) is 33.0. The van der Waals surface area contributed by atoms with Crippen LogP contribution in [0.4, 0.5) is 0 Å². The molecule has 404 valence electrons. The van der Waals surface area contributed by atoms with Crippen molar-refractivity contribution in [3.63, 3.8) is 0 Å². The minimum Gasteiger partial charge on any atom is -0.400 e. The number of carbonyl (C=O) groups is 10. The van der Waals surface area contributed by atoms with Crippen LogP contribution >= 0.6 is 0 Å². The number of hydrogen-bond acceptors (Lipinski definition) is 12. The van der Waals surface area contributed by atoms with Crippen molar-refractivity contribution in [2.24, 2.45) is 47.3 Å². The molecule has 22 heteroatoms. The van der Waals surface area contributed by atoms with Crippen LogP contribution in [0, 0.1) is 47.3 Å². The van der Waals surface area contributed by atoms with Crippen LogP contribution in [0.3, 0.4) is 0 Å². The second-order valence-electron chi connectivity index (χ2n) is 18.8. The van der Waals surface area contributed by atoms with Gasteiger partial charge in [0.15, 0.2) is 0 Å². The monoisotopic (exact) mass is 999 g/mol. The van der Waals surface area contributed by atoms with Crippen LogP contribution in [0.2, 0.25) is 0 Å². The van der Waals surface area contributed by atoms with Gasteiger partial charge in [0.05, 0.1) is 13.1 Å². The summed E-state index contributed by atoms with van der Waals surface area (Å²) in [5.74, 6) is -5.52. The second-order valence-corrected chi connectivity index (χ2v) is 18.8. The van der Waals surface area contributed by atoms with E-state index in [1.54, 1.807) is 0 Å². The number of nitrogens with one attached hydrogen (secondary N) is 10. The van der Waals surface area contributed by atoms with Crippen molar-refractivity contribution in [3.8, 4) is 0 Å². The number of likely N-dealkylation sites (N-methyl/N-ethyl adjacent to an activating group) is 4. The van der Waals surface area contributed by atoms with Crippen molar-refractivity contribution in [1.82, 2.24) is 53.2 Å². The lowest BCUT2D eigenvalue weighted by Gasteiger charge is -2.31. The molecule has 2 rings (SSSR count). The minimum atomic E-state index is -0.679. The van der Waals surface area contributed by atoms with Gasteiger partial charge in [-0.1, -0.05) is 81.1 Å². The van der Waals surface area contributed by atoms with E-state index in [1.165, 1.54) is 28.2 Å². The predicted octanol–water partition coefficient (Wildman–Crippen LogP) is -0.638. The Morgan fingerprint density at radius 2 is 0.657 bits per heavy atom. The van der Waals surface area contributed by atoms with Gasteiger partial charge in [0.25, 0.3) is 0 Å². The Kier molecular flexibility index (Phi) is 34.8. The molecular weight excluding hydrogens is 909 g/mol. The molecule has 0 aromatic rings. The number of amides is 10. The summed E-state index contributed by atoms with van der Waals surface area (Å²) in [4.78, 5) is 125. The van der Waals surface area contributed by atoms with Crippen LogP contribution in [-0.2, 0) is 47.9 Å². The van der Waals surface area contributed by atoms with E-state index in [9.17, 15) is 47.9 Å². The van der Waals surface area contributed by atoms with Gasteiger partial charge in [-0.2, -0.15) is 0 Å². The summed E-state index contributed by atoms with van der Waals surface area (Å²) in [5, 5.41) is 40.3. The maximum atomic E-state index is 12.9. The van der Waals surface area contributed by atoms with Gasteiger partial charge in [-0.25, -0.2) is 0 Å². The molecule has 0 aromatic carbocycles. The number of rotatable bonds is 22. The molecule has 2 fully saturated rings. The molecule has 2 saturated carbocycles. The van der Waals surface area contributed by atoms with E-state index in [2.05, 4.69) is 53.2 Å². The Labute approximate surface area is 416 Å². The van der Waals surface area contributed by atoms with E-state index in [4.69, 9.17) is 10.2 Å². The van der Waals surface area contributed by atoms with E-state index >= 15 is 0 Å². The van der Waals surface area contributed by atoms with Gasteiger partial charge < -0.3 is 63.4 Å². The molecule has 8 atom stereocenters. The Balaban J connectivity index is 0. The average Bonchev–Trinajstić information content (AvgIpc) is 3.34. The molecule has 22 nitrogen and oxygen atoms in total. The molecule has 0 saturated heterocycles. The summed E-state index contributed by atoms with van der Waals surface area (Å²) in [6.45, 7) is 14.6. The van der Waals surface area contributed by atoms with Crippen LogP contribution in [0.25, 0.3) is 0 Å². The lowest BCUT2D eigenvalue weighted by molar-refractivity contribution is -0.139. The lowest BCUT2D eigenvalue weighted by atomic mass is 9.78. The molecule has 0 spiro atoms. The molecular formula is C48H90N10O12. The van der Waals surface area contributed by atoms with Crippen molar-refractivity contribution in [2.45, 2.75) is 144 Å². The molecule has 70 heavy (non-hydrogen) atoms. The highest BCUT2D eigenvalue weighted by Crippen LogP contribution is 2.32. The average molecular weight is 999 g/mol. The smallest absolute Gasteiger partial charge is 0.242 e.